The first-order valence-electron chi connectivity index (χ1n) is 1.72. The second-order valence-electron chi connectivity index (χ2n) is 1.22. The van der Waals surface area contributed by atoms with Gasteiger partial charge in [-0.1, -0.05) is 0 Å². The first kappa shape index (κ1) is 5.18. The molecule has 1 heterocycles. The van der Waals surface area contributed by atoms with Crippen LogP contribution >= 0.6 is 11.8 Å². The summed E-state index contributed by atoms with van der Waals surface area (Å²) in [5.74, 6) is 0. The van der Waals surface area contributed by atoms with Gasteiger partial charge in [0.2, 0.25) is 0 Å². The molecule has 0 aromatic rings. The highest BCUT2D eigenvalue weighted by atomic mass is 32.3. The molecule has 1 rings (SSSR count). The zero-order valence-corrected chi connectivity index (χ0v) is 5.13. The molecule has 1 aliphatic rings. The summed E-state index contributed by atoms with van der Waals surface area (Å²) in [6.45, 7) is 0. The van der Waals surface area contributed by atoms with E-state index in [4.69, 9.17) is 0 Å². The number of hydrogen-bond acceptors (Lipinski definition) is 3. The zero-order valence-electron chi connectivity index (χ0n) is 3.49. The van der Waals surface area contributed by atoms with E-state index in [2.05, 4.69) is 0 Å². The van der Waals surface area contributed by atoms with Crippen molar-refractivity contribution in [2.75, 3.05) is 5.08 Å². The van der Waals surface area contributed by atoms with Crippen molar-refractivity contribution in [1.29, 1.82) is 0 Å². The van der Waals surface area contributed by atoms with E-state index in [1.165, 1.54) is 17.2 Å². The predicted molar refractivity (Wildman–Crippen MR) is 30.5 cm³/mol. The van der Waals surface area contributed by atoms with Crippen molar-refractivity contribution in [2.45, 2.75) is 0 Å². The SMILES string of the molecule is O=S1(=O)C=CSC1. The minimum absolute atomic E-state index is 0.229. The molecule has 40 valence electrons. The molecule has 0 saturated heterocycles. The van der Waals surface area contributed by atoms with Crippen LogP contribution in [0.5, 0.6) is 0 Å². The summed E-state index contributed by atoms with van der Waals surface area (Å²) in [5, 5.41) is 3.06. The van der Waals surface area contributed by atoms with Crippen LogP contribution in [0.1, 0.15) is 0 Å². The van der Waals surface area contributed by atoms with E-state index in [0.717, 1.165) is 0 Å². The van der Waals surface area contributed by atoms with Crippen LogP contribution in [0.15, 0.2) is 10.8 Å². The molecule has 1 aliphatic heterocycles. The summed E-state index contributed by atoms with van der Waals surface area (Å²) in [4.78, 5) is 0. The van der Waals surface area contributed by atoms with E-state index in [-0.39, 0.29) is 5.08 Å². The summed E-state index contributed by atoms with van der Waals surface area (Å²) >= 11 is 1.31. The Balaban J connectivity index is 2.99. The first-order chi connectivity index (χ1) is 3.21. The molecule has 0 unspecified atom stereocenters. The van der Waals surface area contributed by atoms with Crippen LogP contribution in [0, 0.1) is 0 Å². The monoisotopic (exact) mass is 136 g/mol. The van der Waals surface area contributed by atoms with Gasteiger partial charge in [-0.25, -0.2) is 8.42 Å². The van der Waals surface area contributed by atoms with Crippen molar-refractivity contribution in [1.82, 2.24) is 0 Å². The molecule has 2 nitrogen and oxygen atoms in total. The third-order valence-corrected chi connectivity index (χ3v) is 3.50. The summed E-state index contributed by atoms with van der Waals surface area (Å²) in [7, 11) is -2.76. The summed E-state index contributed by atoms with van der Waals surface area (Å²) in [5.41, 5.74) is 0. The topological polar surface area (TPSA) is 34.1 Å². The van der Waals surface area contributed by atoms with Gasteiger partial charge in [-0.2, -0.15) is 0 Å². The molecule has 0 N–H and O–H groups in total. The number of thioether (sulfide) groups is 1. The number of hydrogen-bond donors (Lipinski definition) is 0. The van der Waals surface area contributed by atoms with Gasteiger partial charge in [0.15, 0.2) is 9.84 Å². The quantitative estimate of drug-likeness (QED) is 0.488. The largest absolute Gasteiger partial charge is 0.223 e. The van der Waals surface area contributed by atoms with Crippen LogP contribution in [-0.4, -0.2) is 13.5 Å². The maximum atomic E-state index is 10.3. The molecular formula is C3H4O2S2. The van der Waals surface area contributed by atoms with Crippen molar-refractivity contribution in [3.05, 3.63) is 10.8 Å². The van der Waals surface area contributed by atoms with E-state index in [0.29, 0.717) is 0 Å². The maximum Gasteiger partial charge on any atom is 0.181 e. The highest BCUT2D eigenvalue weighted by Crippen LogP contribution is 2.16. The second kappa shape index (κ2) is 1.52. The van der Waals surface area contributed by atoms with E-state index in [1.54, 1.807) is 5.41 Å². The first-order valence-corrected chi connectivity index (χ1v) is 4.48. The van der Waals surface area contributed by atoms with Crippen LogP contribution in [0.4, 0.5) is 0 Å². The Morgan fingerprint density at radius 1 is 1.57 bits per heavy atom. The Morgan fingerprint density at radius 2 is 2.29 bits per heavy atom. The average molecular weight is 136 g/mol. The minimum Gasteiger partial charge on any atom is -0.223 e. The van der Waals surface area contributed by atoms with Crippen molar-refractivity contribution in [3.8, 4) is 0 Å². The fourth-order valence-electron chi connectivity index (χ4n) is 0.297. The third-order valence-electron chi connectivity index (χ3n) is 0.591. The van der Waals surface area contributed by atoms with Crippen LogP contribution in [-0.2, 0) is 9.84 Å². The Kier molecular flexibility index (Phi) is 1.13. The Hall–Kier alpha value is 0.0400. The van der Waals surface area contributed by atoms with Gasteiger partial charge in [-0.05, 0) is 5.41 Å². The lowest BCUT2D eigenvalue weighted by atomic mass is 11.3. The van der Waals surface area contributed by atoms with Crippen molar-refractivity contribution in [2.24, 2.45) is 0 Å². The molecule has 0 amide bonds. The molecule has 7 heavy (non-hydrogen) atoms. The van der Waals surface area contributed by atoms with Gasteiger partial charge < -0.3 is 0 Å². The highest BCUT2D eigenvalue weighted by Gasteiger charge is 2.09. The van der Waals surface area contributed by atoms with Gasteiger partial charge in [0.25, 0.3) is 0 Å². The van der Waals surface area contributed by atoms with E-state index in [9.17, 15) is 8.42 Å². The fraction of sp³-hybridized carbons (Fsp3) is 0.333. The van der Waals surface area contributed by atoms with Crippen LogP contribution < -0.4 is 0 Å². The lowest BCUT2D eigenvalue weighted by Gasteiger charge is -1.79. The molecule has 0 atom stereocenters. The Bertz CT molecular complexity index is 177. The van der Waals surface area contributed by atoms with Crippen LogP contribution in [0.25, 0.3) is 0 Å². The summed E-state index contributed by atoms with van der Waals surface area (Å²) < 4.78 is 20.6. The Morgan fingerprint density at radius 3 is 2.43 bits per heavy atom. The average Bonchev–Trinajstić information content (AvgIpc) is 1.84. The molecule has 0 spiro atoms. The lowest BCUT2D eigenvalue weighted by molar-refractivity contribution is 0.609. The van der Waals surface area contributed by atoms with Gasteiger partial charge in [0.05, 0.1) is 0 Å². The Labute approximate surface area is 46.5 Å². The minimum atomic E-state index is -2.76. The fourth-order valence-corrected chi connectivity index (χ4v) is 2.68. The maximum absolute atomic E-state index is 10.3. The van der Waals surface area contributed by atoms with Crippen LogP contribution in [0.3, 0.4) is 0 Å². The van der Waals surface area contributed by atoms with Gasteiger partial charge >= 0.3 is 0 Å². The molecule has 0 bridgehead atoms. The molecule has 0 fully saturated rings. The van der Waals surface area contributed by atoms with Gasteiger partial charge in [0.1, 0.15) is 5.08 Å². The van der Waals surface area contributed by atoms with Crippen molar-refractivity contribution < 1.29 is 8.42 Å². The molecule has 4 heteroatoms. The number of sulfone groups is 1. The molecule has 0 aromatic heterocycles. The van der Waals surface area contributed by atoms with E-state index in [1.807, 2.05) is 0 Å². The molecule has 0 aromatic carbocycles. The van der Waals surface area contributed by atoms with Crippen molar-refractivity contribution in [3.63, 3.8) is 0 Å². The highest BCUT2D eigenvalue weighted by molar-refractivity contribution is 8.17. The predicted octanol–water partition coefficient (Wildman–Crippen LogP) is 0.577. The standard InChI is InChI=1S/C3H4O2S2/c4-7(5)2-1-6-3-7/h1-2H,3H2. The normalized spacial score (nSPS) is 25.7. The number of rotatable bonds is 0. The van der Waals surface area contributed by atoms with Gasteiger partial charge in [0, 0.05) is 5.41 Å². The van der Waals surface area contributed by atoms with Gasteiger partial charge in [-0.15, -0.1) is 11.8 Å². The van der Waals surface area contributed by atoms with Gasteiger partial charge in [-0.3, -0.25) is 0 Å². The summed E-state index contributed by atoms with van der Waals surface area (Å²) in [6.07, 6.45) is 0. The summed E-state index contributed by atoms with van der Waals surface area (Å²) in [6, 6.07) is 0. The molecule has 0 radical (unpaired) electrons. The van der Waals surface area contributed by atoms with Crippen LogP contribution in [0.2, 0.25) is 0 Å². The molecular weight excluding hydrogens is 132 g/mol. The molecule has 0 saturated carbocycles. The van der Waals surface area contributed by atoms with E-state index >= 15 is 0 Å². The van der Waals surface area contributed by atoms with Crippen molar-refractivity contribution >= 4 is 21.6 Å². The smallest absolute Gasteiger partial charge is 0.181 e. The third kappa shape index (κ3) is 1.21. The zero-order chi connectivity index (χ0) is 5.33. The second-order valence-corrected chi connectivity index (χ2v) is 4.37. The lowest BCUT2D eigenvalue weighted by Crippen LogP contribution is -1.90. The van der Waals surface area contributed by atoms with E-state index < -0.39 is 9.84 Å². The molecule has 0 aliphatic carbocycles.